The van der Waals surface area contributed by atoms with Crippen LogP contribution in [0.2, 0.25) is 18.1 Å². The number of hydrogen-bond acceptors (Lipinski definition) is 5. The molecular weight excluding hydrogens is 370 g/mol. The summed E-state index contributed by atoms with van der Waals surface area (Å²) in [6.45, 7) is 11.8. The lowest BCUT2D eigenvalue weighted by atomic mass is 9.84. The molecule has 28 heavy (non-hydrogen) atoms. The van der Waals surface area contributed by atoms with Gasteiger partial charge in [0.1, 0.15) is 6.61 Å². The SMILES string of the molecule is CC(C)(C)[Si](C)(C)O[C@H]1CC[C@@]2(C(=O)OCc3ccccc3)C(=O)C=CN2C1. The van der Waals surface area contributed by atoms with Crippen LogP contribution < -0.4 is 0 Å². The quantitative estimate of drug-likeness (QED) is 0.423. The lowest BCUT2D eigenvalue weighted by Crippen LogP contribution is -2.61. The molecule has 0 aromatic heterocycles. The Morgan fingerprint density at radius 3 is 2.57 bits per heavy atom. The zero-order chi connectivity index (χ0) is 20.6. The lowest BCUT2D eigenvalue weighted by Gasteiger charge is -2.46. The number of fused-ring (bicyclic) bond motifs is 1. The Hall–Kier alpha value is -1.92. The molecule has 2 aliphatic heterocycles. The summed E-state index contributed by atoms with van der Waals surface area (Å²) < 4.78 is 12.1. The summed E-state index contributed by atoms with van der Waals surface area (Å²) >= 11 is 0. The Morgan fingerprint density at radius 1 is 1.25 bits per heavy atom. The third kappa shape index (κ3) is 3.80. The molecule has 1 aromatic rings. The highest BCUT2D eigenvalue weighted by Gasteiger charge is 2.56. The van der Waals surface area contributed by atoms with Crippen molar-refractivity contribution in [2.45, 2.75) is 70.0 Å². The van der Waals surface area contributed by atoms with E-state index in [1.807, 2.05) is 35.2 Å². The van der Waals surface area contributed by atoms with E-state index in [2.05, 4.69) is 33.9 Å². The summed E-state index contributed by atoms with van der Waals surface area (Å²) in [5, 5.41) is 0.118. The molecule has 6 heteroatoms. The second kappa shape index (κ2) is 7.48. The Bertz CT molecular complexity index is 768. The number of carbonyl (C=O) groups is 2. The average molecular weight is 402 g/mol. The summed E-state index contributed by atoms with van der Waals surface area (Å²) in [6, 6.07) is 9.53. The molecule has 0 saturated carbocycles. The lowest BCUT2D eigenvalue weighted by molar-refractivity contribution is -0.164. The summed E-state index contributed by atoms with van der Waals surface area (Å²) in [7, 11) is -1.92. The number of benzene rings is 1. The monoisotopic (exact) mass is 401 g/mol. The van der Waals surface area contributed by atoms with Gasteiger partial charge in [0.05, 0.1) is 6.10 Å². The van der Waals surface area contributed by atoms with Crippen molar-refractivity contribution in [1.82, 2.24) is 4.90 Å². The average Bonchev–Trinajstić information content (AvgIpc) is 2.96. The highest BCUT2D eigenvalue weighted by molar-refractivity contribution is 6.74. The molecule has 2 heterocycles. The normalized spacial score (nSPS) is 25.0. The zero-order valence-corrected chi connectivity index (χ0v) is 18.5. The van der Waals surface area contributed by atoms with Crippen molar-refractivity contribution in [3.8, 4) is 0 Å². The molecule has 0 amide bonds. The van der Waals surface area contributed by atoms with Gasteiger partial charge < -0.3 is 14.1 Å². The van der Waals surface area contributed by atoms with Crippen LogP contribution in [0.3, 0.4) is 0 Å². The van der Waals surface area contributed by atoms with Gasteiger partial charge in [-0.2, -0.15) is 0 Å². The van der Waals surface area contributed by atoms with E-state index in [9.17, 15) is 9.59 Å². The van der Waals surface area contributed by atoms with Crippen molar-refractivity contribution in [3.63, 3.8) is 0 Å². The fourth-order valence-electron chi connectivity index (χ4n) is 3.58. The van der Waals surface area contributed by atoms with E-state index in [-0.39, 0.29) is 23.5 Å². The summed E-state index contributed by atoms with van der Waals surface area (Å²) in [6.07, 6.45) is 4.35. The first kappa shape index (κ1) is 20.8. The van der Waals surface area contributed by atoms with Gasteiger partial charge in [-0.3, -0.25) is 4.79 Å². The van der Waals surface area contributed by atoms with Gasteiger partial charge in [-0.25, -0.2) is 4.79 Å². The number of rotatable bonds is 5. The van der Waals surface area contributed by atoms with Crippen LogP contribution in [0, 0.1) is 0 Å². The first-order valence-electron chi connectivity index (χ1n) is 9.95. The van der Waals surface area contributed by atoms with Crippen LogP contribution in [0.25, 0.3) is 0 Å². The number of nitrogens with zero attached hydrogens (tertiary/aromatic N) is 1. The van der Waals surface area contributed by atoms with Gasteiger partial charge in [0.2, 0.25) is 5.54 Å². The smallest absolute Gasteiger partial charge is 0.340 e. The summed E-state index contributed by atoms with van der Waals surface area (Å²) in [5.74, 6) is -0.645. The predicted octanol–water partition coefficient (Wildman–Crippen LogP) is 4.05. The minimum atomic E-state index is -1.92. The minimum Gasteiger partial charge on any atom is -0.459 e. The molecule has 5 nitrogen and oxygen atoms in total. The van der Waals surface area contributed by atoms with Gasteiger partial charge in [0, 0.05) is 18.8 Å². The maximum absolute atomic E-state index is 13.0. The first-order valence-corrected chi connectivity index (χ1v) is 12.9. The molecule has 2 atom stereocenters. The third-order valence-corrected chi connectivity index (χ3v) is 10.9. The first-order chi connectivity index (χ1) is 13.1. The van der Waals surface area contributed by atoms with Crippen LogP contribution in [-0.4, -0.2) is 43.2 Å². The Kier molecular flexibility index (Phi) is 5.56. The van der Waals surface area contributed by atoms with E-state index >= 15 is 0 Å². The van der Waals surface area contributed by atoms with Gasteiger partial charge in [-0.05, 0) is 36.5 Å². The largest absolute Gasteiger partial charge is 0.459 e. The zero-order valence-electron chi connectivity index (χ0n) is 17.5. The predicted molar refractivity (Wildman–Crippen MR) is 111 cm³/mol. The number of carbonyl (C=O) groups excluding carboxylic acids is 2. The van der Waals surface area contributed by atoms with Crippen molar-refractivity contribution in [2.24, 2.45) is 0 Å². The molecule has 152 valence electrons. The molecule has 1 aromatic carbocycles. The van der Waals surface area contributed by atoms with E-state index in [1.165, 1.54) is 6.08 Å². The van der Waals surface area contributed by atoms with Crippen molar-refractivity contribution >= 4 is 20.1 Å². The molecule has 1 fully saturated rings. The molecule has 0 unspecified atom stereocenters. The molecule has 0 N–H and O–H groups in total. The van der Waals surface area contributed by atoms with Crippen molar-refractivity contribution in [2.75, 3.05) is 6.54 Å². The Labute approximate surface area is 168 Å². The highest BCUT2D eigenvalue weighted by Crippen LogP contribution is 2.41. The number of ketones is 1. The maximum atomic E-state index is 13.0. The van der Waals surface area contributed by atoms with Gasteiger partial charge in [-0.15, -0.1) is 0 Å². The van der Waals surface area contributed by atoms with Crippen LogP contribution in [-0.2, 0) is 25.4 Å². The van der Waals surface area contributed by atoms with Crippen LogP contribution in [0.1, 0.15) is 39.2 Å². The van der Waals surface area contributed by atoms with Gasteiger partial charge in [0.15, 0.2) is 14.1 Å². The molecule has 1 saturated heterocycles. The van der Waals surface area contributed by atoms with E-state index in [0.717, 1.165) is 5.56 Å². The molecule has 0 aliphatic carbocycles. The van der Waals surface area contributed by atoms with Crippen LogP contribution >= 0.6 is 0 Å². The molecule has 0 bridgehead atoms. The number of hydrogen-bond donors (Lipinski definition) is 0. The number of ether oxygens (including phenoxy) is 1. The van der Waals surface area contributed by atoms with Crippen LogP contribution in [0.15, 0.2) is 42.6 Å². The number of esters is 1. The van der Waals surface area contributed by atoms with Crippen molar-refractivity contribution in [3.05, 3.63) is 48.2 Å². The second-order valence-corrected chi connectivity index (χ2v) is 14.0. The van der Waals surface area contributed by atoms with Crippen LogP contribution in [0.4, 0.5) is 0 Å². The number of piperidine rings is 1. The standard InChI is InChI=1S/C22H31NO4Si/c1-21(2,3)28(4,5)27-18-11-13-22(19(24)12-14-23(22)15-18)20(25)26-16-17-9-7-6-8-10-17/h6-10,12,14,18H,11,13,15-16H2,1-5H3/t18-,22-/m0/s1. The van der Waals surface area contributed by atoms with E-state index in [1.54, 1.807) is 6.20 Å². The van der Waals surface area contributed by atoms with Crippen LogP contribution in [0.5, 0.6) is 0 Å². The van der Waals surface area contributed by atoms with Gasteiger partial charge in [0.25, 0.3) is 0 Å². The highest BCUT2D eigenvalue weighted by atomic mass is 28.4. The molecule has 0 spiro atoms. The van der Waals surface area contributed by atoms with E-state index < -0.39 is 19.8 Å². The van der Waals surface area contributed by atoms with E-state index in [0.29, 0.717) is 19.4 Å². The third-order valence-electron chi connectivity index (χ3n) is 6.35. The fraction of sp³-hybridized carbons (Fsp3) is 0.545. The summed E-state index contributed by atoms with van der Waals surface area (Å²) in [5.41, 5.74) is -0.311. The van der Waals surface area contributed by atoms with Crippen molar-refractivity contribution in [1.29, 1.82) is 0 Å². The molecule has 3 rings (SSSR count). The fourth-order valence-corrected chi connectivity index (χ4v) is 4.96. The van der Waals surface area contributed by atoms with Gasteiger partial charge >= 0.3 is 5.97 Å². The van der Waals surface area contributed by atoms with Crippen molar-refractivity contribution < 1.29 is 18.8 Å². The maximum Gasteiger partial charge on any atom is 0.340 e. The topological polar surface area (TPSA) is 55.8 Å². The van der Waals surface area contributed by atoms with Gasteiger partial charge in [-0.1, -0.05) is 51.1 Å². The molecule has 2 aliphatic rings. The minimum absolute atomic E-state index is 0.0199. The van der Waals surface area contributed by atoms with E-state index in [4.69, 9.17) is 9.16 Å². The summed E-state index contributed by atoms with van der Waals surface area (Å²) in [4.78, 5) is 27.5. The second-order valence-electron chi connectivity index (χ2n) is 9.29. The Morgan fingerprint density at radius 2 is 1.93 bits per heavy atom. The Balaban J connectivity index is 1.70. The molecule has 0 radical (unpaired) electrons. The molecular formula is C22H31NO4Si.